The van der Waals surface area contributed by atoms with Gasteiger partial charge in [0, 0.05) is 16.0 Å². The van der Waals surface area contributed by atoms with Gasteiger partial charge < -0.3 is 10.7 Å². The molecule has 5 rings (SSSR count). The van der Waals surface area contributed by atoms with Gasteiger partial charge in [0.1, 0.15) is 11.6 Å². The number of hydrogen-bond acceptors (Lipinski definition) is 6. The summed E-state index contributed by atoms with van der Waals surface area (Å²) in [5.74, 6) is 0.269. The number of anilines is 1. The lowest BCUT2D eigenvalue weighted by Gasteiger charge is -2.11. The van der Waals surface area contributed by atoms with Crippen molar-refractivity contribution in [3.63, 3.8) is 0 Å². The third-order valence-electron chi connectivity index (χ3n) is 5.84. The van der Waals surface area contributed by atoms with Crippen LogP contribution >= 0.6 is 11.3 Å². The number of aromatic nitrogens is 4. The number of thiophene rings is 1. The average molecular weight is 510 g/mol. The number of nitrogens with two attached hydrogens (primary N) is 1. The van der Waals surface area contributed by atoms with Gasteiger partial charge in [0.15, 0.2) is 0 Å². The van der Waals surface area contributed by atoms with Crippen molar-refractivity contribution in [2.75, 3.05) is 5.73 Å². The Morgan fingerprint density at radius 1 is 1.06 bits per heavy atom. The lowest BCUT2D eigenvalue weighted by atomic mass is 10.0. The zero-order chi connectivity index (χ0) is 24.9. The van der Waals surface area contributed by atoms with Crippen LogP contribution in [0.15, 0.2) is 54.6 Å². The predicted octanol–water partition coefficient (Wildman–Crippen LogP) is 5.69. The lowest BCUT2D eigenvalue weighted by molar-refractivity contribution is 0.580. The molecular formula is C25H24FN5O2S2. The third-order valence-corrected chi connectivity index (χ3v) is 9.16. The zero-order valence-corrected chi connectivity index (χ0v) is 21.0. The Balaban J connectivity index is 1.73. The van der Waals surface area contributed by atoms with Crippen molar-refractivity contribution < 1.29 is 12.8 Å². The number of benzene rings is 2. The second-order valence-electron chi connectivity index (χ2n) is 8.47. The van der Waals surface area contributed by atoms with Crippen molar-refractivity contribution >= 4 is 38.3 Å². The maximum atomic E-state index is 13.6. The van der Waals surface area contributed by atoms with E-state index in [1.54, 1.807) is 49.4 Å². The van der Waals surface area contributed by atoms with E-state index in [2.05, 4.69) is 23.0 Å². The van der Waals surface area contributed by atoms with Crippen LogP contribution in [0.2, 0.25) is 0 Å². The molecule has 0 saturated heterocycles. The Hall–Kier alpha value is -3.50. The monoisotopic (exact) mass is 509 g/mol. The van der Waals surface area contributed by atoms with E-state index in [4.69, 9.17) is 10.7 Å². The number of nitrogen functional groups attached to an aromatic ring is 1. The number of H-pyrrole nitrogens is 1. The summed E-state index contributed by atoms with van der Waals surface area (Å²) >= 11 is 1.65. The molecule has 0 radical (unpaired) electrons. The van der Waals surface area contributed by atoms with Gasteiger partial charge in [-0.3, -0.25) is 0 Å². The summed E-state index contributed by atoms with van der Waals surface area (Å²) in [6, 6.07) is 15.6. The molecular weight excluding hydrogens is 485 g/mol. The van der Waals surface area contributed by atoms with E-state index in [0.717, 1.165) is 20.8 Å². The highest BCUT2D eigenvalue weighted by Gasteiger charge is 2.25. The summed E-state index contributed by atoms with van der Waals surface area (Å²) in [5.41, 5.74) is 9.64. The normalized spacial score (nSPS) is 12.1. The van der Waals surface area contributed by atoms with E-state index in [-0.39, 0.29) is 11.8 Å². The molecule has 0 spiro atoms. The molecule has 180 valence electrons. The number of nitrogens with zero attached hydrogens (tertiary/aromatic N) is 3. The summed E-state index contributed by atoms with van der Waals surface area (Å²) in [6.45, 7) is 5.30. The van der Waals surface area contributed by atoms with E-state index in [0.29, 0.717) is 33.8 Å². The van der Waals surface area contributed by atoms with Crippen LogP contribution in [0.1, 0.15) is 25.6 Å². The standard InChI is InChI=1S/C25H24FN5O2S2/c1-4-18-10-12-21(34-18)24-29-22(15-5-8-17(26)9-6-15)23(30-24)16-7-11-19-20(13-16)31(25(27)28-19)35(32,33)14(2)3/h5-14H,4H2,1-3H3,(H2,27,28)(H,29,30). The van der Waals surface area contributed by atoms with Gasteiger partial charge in [-0.2, -0.15) is 0 Å². The minimum atomic E-state index is -3.73. The van der Waals surface area contributed by atoms with E-state index in [1.165, 1.54) is 17.0 Å². The van der Waals surface area contributed by atoms with Crippen LogP contribution in [-0.4, -0.2) is 32.6 Å². The van der Waals surface area contributed by atoms with Crippen LogP contribution in [-0.2, 0) is 16.4 Å². The molecule has 0 amide bonds. The first-order chi connectivity index (χ1) is 16.7. The minimum absolute atomic E-state index is 0.0852. The molecule has 0 aliphatic rings. The number of fused-ring (bicyclic) bond motifs is 1. The summed E-state index contributed by atoms with van der Waals surface area (Å²) in [4.78, 5) is 14.7. The largest absolute Gasteiger partial charge is 0.368 e. The topological polar surface area (TPSA) is 107 Å². The van der Waals surface area contributed by atoms with Gasteiger partial charge in [0.2, 0.25) is 16.0 Å². The minimum Gasteiger partial charge on any atom is -0.368 e. The Bertz CT molecular complexity index is 1650. The maximum absolute atomic E-state index is 13.6. The molecule has 3 aromatic heterocycles. The molecule has 2 aromatic carbocycles. The van der Waals surface area contributed by atoms with Gasteiger partial charge in [-0.1, -0.05) is 13.0 Å². The Labute approximate surface area is 206 Å². The van der Waals surface area contributed by atoms with Crippen LogP contribution < -0.4 is 5.73 Å². The SMILES string of the molecule is CCc1ccc(-c2nc(-c3ccc4nc(N)n(S(=O)(=O)C(C)C)c4c3)c(-c3ccc(F)cc3)[nH]2)s1. The third kappa shape index (κ3) is 4.02. The fraction of sp³-hybridized carbons (Fsp3) is 0.200. The molecule has 35 heavy (non-hydrogen) atoms. The number of imidazole rings is 2. The summed E-state index contributed by atoms with van der Waals surface area (Å²) in [5, 5.41) is -0.677. The molecule has 3 N–H and O–H groups in total. The first-order valence-electron chi connectivity index (χ1n) is 11.2. The molecule has 0 bridgehead atoms. The zero-order valence-electron chi connectivity index (χ0n) is 19.4. The molecule has 0 unspecified atom stereocenters. The van der Waals surface area contributed by atoms with Crippen LogP contribution in [0.3, 0.4) is 0 Å². The molecule has 5 aromatic rings. The molecule has 0 fully saturated rings. The number of hydrogen-bond donors (Lipinski definition) is 2. The fourth-order valence-electron chi connectivity index (χ4n) is 3.92. The Kier molecular flexibility index (Phi) is 5.72. The number of aromatic amines is 1. The second kappa shape index (κ2) is 8.62. The van der Waals surface area contributed by atoms with Crippen LogP contribution in [0.5, 0.6) is 0 Å². The number of rotatable bonds is 6. The first kappa shape index (κ1) is 23.3. The number of halogens is 1. The van der Waals surface area contributed by atoms with Crippen LogP contribution in [0.25, 0.3) is 44.2 Å². The van der Waals surface area contributed by atoms with Gasteiger partial charge in [0.05, 0.1) is 32.5 Å². The van der Waals surface area contributed by atoms with Gasteiger partial charge >= 0.3 is 0 Å². The predicted molar refractivity (Wildman–Crippen MR) is 139 cm³/mol. The summed E-state index contributed by atoms with van der Waals surface area (Å²) < 4.78 is 40.7. The van der Waals surface area contributed by atoms with E-state index in [9.17, 15) is 12.8 Å². The van der Waals surface area contributed by atoms with Crippen molar-refractivity contribution in [1.82, 2.24) is 18.9 Å². The Morgan fingerprint density at radius 2 is 1.77 bits per heavy atom. The van der Waals surface area contributed by atoms with Crippen molar-refractivity contribution in [2.24, 2.45) is 0 Å². The quantitative estimate of drug-likeness (QED) is 0.306. The van der Waals surface area contributed by atoms with Gasteiger partial charge in [-0.15, -0.1) is 11.3 Å². The molecule has 0 aliphatic heterocycles. The molecule has 0 atom stereocenters. The lowest BCUT2D eigenvalue weighted by Crippen LogP contribution is -2.23. The fourth-order valence-corrected chi connectivity index (χ4v) is 5.95. The molecule has 7 nitrogen and oxygen atoms in total. The van der Waals surface area contributed by atoms with Crippen molar-refractivity contribution in [1.29, 1.82) is 0 Å². The molecule has 3 heterocycles. The average Bonchev–Trinajstić information content (AvgIpc) is 3.55. The van der Waals surface area contributed by atoms with Crippen molar-refractivity contribution in [3.05, 3.63) is 65.3 Å². The highest BCUT2D eigenvalue weighted by atomic mass is 32.2. The summed E-state index contributed by atoms with van der Waals surface area (Å²) in [6.07, 6.45) is 0.926. The van der Waals surface area contributed by atoms with Crippen LogP contribution in [0, 0.1) is 5.82 Å². The van der Waals surface area contributed by atoms with Crippen molar-refractivity contribution in [2.45, 2.75) is 32.4 Å². The Morgan fingerprint density at radius 3 is 2.43 bits per heavy atom. The molecule has 0 saturated carbocycles. The highest BCUT2D eigenvalue weighted by Crippen LogP contribution is 2.37. The van der Waals surface area contributed by atoms with Gasteiger partial charge in [0.25, 0.3) is 0 Å². The maximum Gasteiger partial charge on any atom is 0.244 e. The van der Waals surface area contributed by atoms with E-state index in [1.807, 2.05) is 12.1 Å². The van der Waals surface area contributed by atoms with E-state index >= 15 is 0 Å². The number of nitrogens with one attached hydrogen (secondary N) is 1. The van der Waals surface area contributed by atoms with Crippen molar-refractivity contribution in [3.8, 4) is 33.2 Å². The van der Waals surface area contributed by atoms with Crippen LogP contribution in [0.4, 0.5) is 10.3 Å². The van der Waals surface area contributed by atoms with E-state index < -0.39 is 15.3 Å². The first-order valence-corrected chi connectivity index (χ1v) is 13.5. The molecule has 10 heteroatoms. The second-order valence-corrected chi connectivity index (χ2v) is 12.0. The number of aryl methyl sites for hydroxylation is 1. The summed E-state index contributed by atoms with van der Waals surface area (Å²) in [7, 11) is -3.73. The van der Waals surface area contributed by atoms with Gasteiger partial charge in [-0.05, 0) is 68.8 Å². The van der Waals surface area contributed by atoms with Gasteiger partial charge in [-0.25, -0.2) is 26.7 Å². The highest BCUT2D eigenvalue weighted by molar-refractivity contribution is 7.90. The molecule has 0 aliphatic carbocycles. The smallest absolute Gasteiger partial charge is 0.244 e.